The molecule has 1 aromatic heterocycles. The van der Waals surface area contributed by atoms with Crippen LogP contribution in [0.15, 0.2) is 0 Å². The summed E-state index contributed by atoms with van der Waals surface area (Å²) in [6, 6.07) is 0. The first-order valence-corrected chi connectivity index (χ1v) is 6.43. The Kier molecular flexibility index (Phi) is 4.76. The third-order valence-electron chi connectivity index (χ3n) is 3.42. The van der Waals surface area contributed by atoms with Crippen LogP contribution in [0.4, 0.5) is 5.69 Å². The van der Waals surface area contributed by atoms with Crippen LogP contribution in [0.3, 0.4) is 0 Å². The van der Waals surface area contributed by atoms with Crippen LogP contribution >= 0.6 is 0 Å². The summed E-state index contributed by atoms with van der Waals surface area (Å²) < 4.78 is 0. The Morgan fingerprint density at radius 1 is 1.33 bits per heavy atom. The fourth-order valence-electron chi connectivity index (χ4n) is 2.15. The number of nitrogens with two attached hydrogens (primary N) is 1. The van der Waals surface area contributed by atoms with E-state index in [-0.39, 0.29) is 5.91 Å². The summed E-state index contributed by atoms with van der Waals surface area (Å²) in [6.07, 6.45) is 0. The second-order valence-electron chi connectivity index (χ2n) is 5.47. The molecule has 0 fully saturated rings. The Hall–Kier alpha value is -1.52. The molecule has 0 saturated heterocycles. The van der Waals surface area contributed by atoms with Crippen molar-refractivity contribution in [1.82, 2.24) is 15.5 Å². The average molecular weight is 252 g/mol. The lowest BCUT2D eigenvalue weighted by atomic mass is 9.85. The molecular weight excluding hydrogens is 228 g/mol. The van der Waals surface area contributed by atoms with Gasteiger partial charge < -0.3 is 11.1 Å². The van der Waals surface area contributed by atoms with Crippen molar-refractivity contribution < 1.29 is 4.79 Å². The van der Waals surface area contributed by atoms with E-state index in [9.17, 15) is 4.79 Å². The topological polar surface area (TPSA) is 83.8 Å². The van der Waals surface area contributed by atoms with Crippen LogP contribution in [0.5, 0.6) is 0 Å². The van der Waals surface area contributed by atoms with E-state index in [2.05, 4.69) is 43.2 Å². The highest BCUT2D eigenvalue weighted by Crippen LogP contribution is 2.20. The number of nitrogen functional groups attached to an aromatic ring is 1. The van der Waals surface area contributed by atoms with Crippen molar-refractivity contribution in [1.29, 1.82) is 0 Å². The van der Waals surface area contributed by atoms with Gasteiger partial charge in [-0.3, -0.25) is 9.89 Å². The van der Waals surface area contributed by atoms with Crippen molar-refractivity contribution in [2.24, 2.45) is 17.8 Å². The molecule has 0 unspecified atom stereocenters. The first-order valence-electron chi connectivity index (χ1n) is 6.43. The van der Waals surface area contributed by atoms with Crippen molar-refractivity contribution >= 4 is 11.6 Å². The highest BCUT2D eigenvalue weighted by molar-refractivity contribution is 5.97. The van der Waals surface area contributed by atoms with E-state index in [4.69, 9.17) is 5.73 Å². The molecule has 0 bridgehead atoms. The first-order chi connectivity index (χ1) is 8.34. The van der Waals surface area contributed by atoms with Gasteiger partial charge in [0.1, 0.15) is 0 Å². The van der Waals surface area contributed by atoms with Gasteiger partial charge in [-0.25, -0.2) is 0 Å². The highest BCUT2D eigenvalue weighted by Gasteiger charge is 2.20. The predicted octanol–water partition coefficient (Wildman–Crippen LogP) is 1.96. The largest absolute Gasteiger partial charge is 0.395 e. The molecule has 0 atom stereocenters. The maximum Gasteiger partial charge on any atom is 0.273 e. The molecule has 5 heteroatoms. The van der Waals surface area contributed by atoms with Crippen LogP contribution in [0.2, 0.25) is 0 Å². The lowest BCUT2D eigenvalue weighted by molar-refractivity contribution is 0.0933. The Balaban J connectivity index is 2.63. The summed E-state index contributed by atoms with van der Waals surface area (Å²) in [5.74, 6) is 1.31. The summed E-state index contributed by atoms with van der Waals surface area (Å²) in [4.78, 5) is 12.0. The molecule has 1 heterocycles. The number of hydrogen-bond donors (Lipinski definition) is 3. The van der Waals surface area contributed by atoms with Gasteiger partial charge >= 0.3 is 0 Å². The van der Waals surface area contributed by atoms with Crippen molar-refractivity contribution in [3.05, 3.63) is 11.4 Å². The molecule has 0 aliphatic heterocycles. The van der Waals surface area contributed by atoms with Gasteiger partial charge in [-0.1, -0.05) is 27.7 Å². The summed E-state index contributed by atoms with van der Waals surface area (Å²) in [7, 11) is 0. The van der Waals surface area contributed by atoms with E-state index in [1.54, 1.807) is 6.92 Å². The van der Waals surface area contributed by atoms with Gasteiger partial charge in [-0.05, 0) is 24.7 Å². The minimum absolute atomic E-state index is 0.205. The Bertz CT molecular complexity index is 401. The highest BCUT2D eigenvalue weighted by atomic mass is 16.1. The van der Waals surface area contributed by atoms with E-state index >= 15 is 0 Å². The Labute approximate surface area is 109 Å². The molecule has 5 nitrogen and oxygen atoms in total. The van der Waals surface area contributed by atoms with Crippen LogP contribution < -0.4 is 11.1 Å². The molecule has 1 rings (SSSR count). The smallest absolute Gasteiger partial charge is 0.273 e. The Morgan fingerprint density at radius 3 is 2.28 bits per heavy atom. The van der Waals surface area contributed by atoms with Gasteiger partial charge in [-0.2, -0.15) is 5.10 Å². The van der Waals surface area contributed by atoms with Gasteiger partial charge in [0.05, 0.1) is 11.4 Å². The van der Waals surface area contributed by atoms with Gasteiger partial charge in [0.25, 0.3) is 5.91 Å². The van der Waals surface area contributed by atoms with E-state index in [1.807, 2.05) is 0 Å². The molecule has 0 aliphatic carbocycles. The van der Waals surface area contributed by atoms with Crippen LogP contribution in [0.25, 0.3) is 0 Å². The predicted molar refractivity (Wildman–Crippen MR) is 73.2 cm³/mol. The Morgan fingerprint density at radius 2 is 1.89 bits per heavy atom. The molecule has 1 aromatic rings. The summed E-state index contributed by atoms with van der Waals surface area (Å²) >= 11 is 0. The maximum atomic E-state index is 12.0. The number of nitrogens with one attached hydrogen (secondary N) is 2. The zero-order valence-corrected chi connectivity index (χ0v) is 11.9. The number of H-pyrrole nitrogens is 1. The van der Waals surface area contributed by atoms with Crippen LogP contribution in [-0.2, 0) is 0 Å². The molecule has 18 heavy (non-hydrogen) atoms. The molecule has 0 spiro atoms. The second-order valence-corrected chi connectivity index (χ2v) is 5.47. The van der Waals surface area contributed by atoms with Gasteiger partial charge in [-0.15, -0.1) is 0 Å². The molecule has 4 N–H and O–H groups in total. The molecule has 0 saturated carbocycles. The third kappa shape index (κ3) is 3.24. The van der Waals surface area contributed by atoms with Gasteiger partial charge in [0.15, 0.2) is 5.69 Å². The zero-order chi connectivity index (χ0) is 13.9. The zero-order valence-electron chi connectivity index (χ0n) is 11.9. The second kappa shape index (κ2) is 5.89. The van der Waals surface area contributed by atoms with Crippen molar-refractivity contribution in [3.8, 4) is 0 Å². The SMILES string of the molecule is Cc1[nH]nc(C(=O)NCC(C(C)C)C(C)C)c1N. The first kappa shape index (κ1) is 14.5. The maximum absolute atomic E-state index is 12.0. The number of anilines is 1. The minimum Gasteiger partial charge on any atom is -0.395 e. The summed E-state index contributed by atoms with van der Waals surface area (Å²) in [5.41, 5.74) is 7.22. The molecule has 0 aromatic carbocycles. The van der Waals surface area contributed by atoms with E-state index in [1.165, 1.54) is 0 Å². The number of aromatic amines is 1. The molecule has 1 amide bonds. The average Bonchev–Trinajstić information content (AvgIpc) is 2.58. The third-order valence-corrected chi connectivity index (χ3v) is 3.42. The molecule has 102 valence electrons. The number of nitrogens with zero attached hydrogens (tertiary/aromatic N) is 1. The lowest BCUT2D eigenvalue weighted by Crippen LogP contribution is -2.34. The fourth-order valence-corrected chi connectivity index (χ4v) is 2.15. The van der Waals surface area contributed by atoms with E-state index in [0.29, 0.717) is 35.7 Å². The fraction of sp³-hybridized carbons (Fsp3) is 0.692. The van der Waals surface area contributed by atoms with E-state index in [0.717, 1.165) is 5.69 Å². The molecular formula is C13H24N4O. The molecule has 0 aliphatic rings. The minimum atomic E-state index is -0.205. The lowest BCUT2D eigenvalue weighted by Gasteiger charge is -2.24. The van der Waals surface area contributed by atoms with Crippen LogP contribution in [-0.4, -0.2) is 22.6 Å². The van der Waals surface area contributed by atoms with Crippen LogP contribution in [0, 0.1) is 24.7 Å². The van der Waals surface area contributed by atoms with Crippen molar-refractivity contribution in [2.45, 2.75) is 34.6 Å². The summed E-state index contributed by atoms with van der Waals surface area (Å²) in [5, 5.41) is 9.55. The number of amides is 1. The summed E-state index contributed by atoms with van der Waals surface area (Å²) in [6.45, 7) is 11.1. The number of aryl methyl sites for hydroxylation is 1. The van der Waals surface area contributed by atoms with Gasteiger partial charge in [0, 0.05) is 6.54 Å². The number of hydrogen-bond acceptors (Lipinski definition) is 3. The monoisotopic (exact) mass is 252 g/mol. The van der Waals surface area contributed by atoms with E-state index < -0.39 is 0 Å². The van der Waals surface area contributed by atoms with Crippen molar-refractivity contribution in [2.75, 3.05) is 12.3 Å². The number of aromatic nitrogens is 2. The van der Waals surface area contributed by atoms with Gasteiger partial charge in [0.2, 0.25) is 0 Å². The number of carbonyl (C=O) groups excluding carboxylic acids is 1. The van der Waals surface area contributed by atoms with Crippen LogP contribution in [0.1, 0.15) is 43.9 Å². The quantitative estimate of drug-likeness (QED) is 0.749. The normalized spacial score (nSPS) is 11.6. The number of rotatable bonds is 5. The molecule has 0 radical (unpaired) electrons. The standard InChI is InChI=1S/C13H24N4O/c1-7(2)10(8(3)4)6-15-13(18)12-11(14)9(5)16-17-12/h7-8,10H,6,14H2,1-5H3,(H,15,18)(H,16,17). The van der Waals surface area contributed by atoms with Crippen molar-refractivity contribution in [3.63, 3.8) is 0 Å². The number of carbonyl (C=O) groups is 1.